The van der Waals surface area contributed by atoms with Crippen LogP contribution in [0.4, 0.5) is 0 Å². The van der Waals surface area contributed by atoms with Crippen molar-refractivity contribution in [2.75, 3.05) is 20.2 Å². The van der Waals surface area contributed by atoms with E-state index in [4.69, 9.17) is 4.74 Å². The van der Waals surface area contributed by atoms with Crippen molar-refractivity contribution in [1.82, 2.24) is 10.2 Å². The fraction of sp³-hybridized carbons (Fsp3) is 0.625. The van der Waals surface area contributed by atoms with Crippen molar-refractivity contribution in [2.45, 2.75) is 45.5 Å². The molecule has 0 aliphatic carbocycles. The Bertz CT molecular complexity index is 392. The van der Waals surface area contributed by atoms with Gasteiger partial charge in [0.15, 0.2) is 0 Å². The molecule has 1 saturated heterocycles. The summed E-state index contributed by atoms with van der Waals surface area (Å²) in [7, 11) is 1.81. The van der Waals surface area contributed by atoms with Crippen LogP contribution in [0, 0.1) is 0 Å². The quantitative estimate of drug-likeness (QED) is 0.852. The maximum absolute atomic E-state index is 5.42. The number of nitrogens with zero attached hydrogens (tertiary/aromatic N) is 1. The van der Waals surface area contributed by atoms with Gasteiger partial charge in [-0.25, -0.2) is 0 Å². The van der Waals surface area contributed by atoms with Gasteiger partial charge < -0.3 is 10.1 Å². The predicted octanol–water partition coefficient (Wildman–Crippen LogP) is 2.41. The zero-order chi connectivity index (χ0) is 13.7. The number of likely N-dealkylation sites (tertiary alicyclic amines) is 1. The summed E-state index contributed by atoms with van der Waals surface area (Å²) in [5, 5.41) is 3.47. The highest BCUT2D eigenvalue weighted by Crippen LogP contribution is 2.16. The maximum Gasteiger partial charge on any atom is 0.0710 e. The van der Waals surface area contributed by atoms with Crippen LogP contribution in [-0.2, 0) is 17.8 Å². The smallest absolute Gasteiger partial charge is 0.0710 e. The Labute approximate surface area is 116 Å². The first-order chi connectivity index (χ1) is 9.17. The molecule has 19 heavy (non-hydrogen) atoms. The summed E-state index contributed by atoms with van der Waals surface area (Å²) >= 11 is 0. The van der Waals surface area contributed by atoms with Crippen LogP contribution in [-0.4, -0.2) is 37.2 Å². The van der Waals surface area contributed by atoms with Crippen LogP contribution in [0.1, 0.15) is 31.4 Å². The lowest BCUT2D eigenvalue weighted by Gasteiger charge is -2.16. The van der Waals surface area contributed by atoms with Gasteiger partial charge in [0.2, 0.25) is 0 Å². The van der Waals surface area contributed by atoms with Gasteiger partial charge in [-0.15, -0.1) is 0 Å². The van der Waals surface area contributed by atoms with Crippen LogP contribution in [0.2, 0.25) is 0 Å². The summed E-state index contributed by atoms with van der Waals surface area (Å²) in [6, 6.07) is 9.43. The van der Waals surface area contributed by atoms with Crippen LogP contribution in [0.15, 0.2) is 24.3 Å². The summed E-state index contributed by atoms with van der Waals surface area (Å²) in [5.41, 5.74) is 2.77. The molecule has 1 N–H and O–H groups in total. The Kier molecular flexibility index (Phi) is 5.37. The molecular formula is C16H26N2O. The second kappa shape index (κ2) is 7.04. The van der Waals surface area contributed by atoms with E-state index in [-0.39, 0.29) is 0 Å². The average molecular weight is 262 g/mol. The molecule has 2 rings (SSSR count). The number of ether oxygens (including phenoxy) is 1. The van der Waals surface area contributed by atoms with Crippen molar-refractivity contribution in [1.29, 1.82) is 0 Å². The Morgan fingerprint density at radius 2 is 2.16 bits per heavy atom. The number of methoxy groups -OCH3 is 1. The molecule has 3 heteroatoms. The van der Waals surface area contributed by atoms with Crippen LogP contribution in [0.5, 0.6) is 0 Å². The van der Waals surface area contributed by atoms with Gasteiger partial charge in [0, 0.05) is 39.3 Å². The monoisotopic (exact) mass is 262 g/mol. The SMILES string of the molecule is COC1CCN(Cc2cccc(CNC(C)C)c2)C1. The molecule has 1 fully saturated rings. The van der Waals surface area contributed by atoms with Gasteiger partial charge in [0.05, 0.1) is 6.10 Å². The van der Waals surface area contributed by atoms with Crippen molar-refractivity contribution in [3.63, 3.8) is 0 Å². The third kappa shape index (κ3) is 4.60. The summed E-state index contributed by atoms with van der Waals surface area (Å²) < 4.78 is 5.42. The van der Waals surface area contributed by atoms with Crippen LogP contribution in [0.25, 0.3) is 0 Å². The highest BCUT2D eigenvalue weighted by Gasteiger charge is 2.21. The summed E-state index contributed by atoms with van der Waals surface area (Å²) in [5.74, 6) is 0. The summed E-state index contributed by atoms with van der Waals surface area (Å²) in [4.78, 5) is 2.48. The second-order valence-electron chi connectivity index (χ2n) is 5.74. The molecule has 106 valence electrons. The first-order valence-corrected chi connectivity index (χ1v) is 7.23. The molecule has 0 bridgehead atoms. The zero-order valence-electron chi connectivity index (χ0n) is 12.4. The molecule has 0 aromatic heterocycles. The first kappa shape index (κ1) is 14.5. The van der Waals surface area contributed by atoms with Gasteiger partial charge >= 0.3 is 0 Å². The minimum absolute atomic E-state index is 0.422. The third-order valence-corrected chi connectivity index (χ3v) is 3.67. The lowest BCUT2D eigenvalue weighted by Crippen LogP contribution is -2.23. The van der Waals surface area contributed by atoms with Gasteiger partial charge in [-0.3, -0.25) is 4.90 Å². The molecule has 1 aliphatic rings. The van der Waals surface area contributed by atoms with E-state index >= 15 is 0 Å². The van der Waals surface area contributed by atoms with E-state index in [1.54, 1.807) is 0 Å². The van der Waals surface area contributed by atoms with E-state index < -0.39 is 0 Å². The molecular weight excluding hydrogens is 236 g/mol. The van der Waals surface area contributed by atoms with Crippen molar-refractivity contribution in [3.8, 4) is 0 Å². The largest absolute Gasteiger partial charge is 0.380 e. The molecule has 1 aromatic carbocycles. The molecule has 1 aliphatic heterocycles. The average Bonchev–Trinajstić information content (AvgIpc) is 2.84. The van der Waals surface area contributed by atoms with Crippen LogP contribution >= 0.6 is 0 Å². The highest BCUT2D eigenvalue weighted by atomic mass is 16.5. The Morgan fingerprint density at radius 3 is 2.84 bits per heavy atom. The highest BCUT2D eigenvalue weighted by molar-refractivity contribution is 5.23. The minimum atomic E-state index is 0.422. The fourth-order valence-electron chi connectivity index (χ4n) is 2.55. The number of hydrogen-bond acceptors (Lipinski definition) is 3. The molecule has 0 radical (unpaired) electrons. The number of rotatable bonds is 6. The van der Waals surface area contributed by atoms with E-state index in [1.807, 2.05) is 7.11 Å². The number of benzene rings is 1. The van der Waals surface area contributed by atoms with Gasteiger partial charge in [-0.2, -0.15) is 0 Å². The number of hydrogen-bond donors (Lipinski definition) is 1. The molecule has 0 saturated carbocycles. The minimum Gasteiger partial charge on any atom is -0.380 e. The molecule has 1 unspecified atom stereocenters. The van der Waals surface area contributed by atoms with E-state index in [9.17, 15) is 0 Å². The van der Waals surface area contributed by atoms with Crippen molar-refractivity contribution < 1.29 is 4.74 Å². The molecule has 3 nitrogen and oxygen atoms in total. The zero-order valence-corrected chi connectivity index (χ0v) is 12.4. The van der Waals surface area contributed by atoms with E-state index in [2.05, 4.69) is 48.3 Å². The van der Waals surface area contributed by atoms with Gasteiger partial charge in [-0.1, -0.05) is 38.1 Å². The van der Waals surface area contributed by atoms with Crippen molar-refractivity contribution in [2.24, 2.45) is 0 Å². The van der Waals surface area contributed by atoms with E-state index in [1.165, 1.54) is 11.1 Å². The molecule has 1 atom stereocenters. The van der Waals surface area contributed by atoms with Crippen molar-refractivity contribution in [3.05, 3.63) is 35.4 Å². The normalized spacial score (nSPS) is 20.3. The Hall–Kier alpha value is -0.900. The molecule has 0 spiro atoms. The predicted molar refractivity (Wildman–Crippen MR) is 79.1 cm³/mol. The second-order valence-corrected chi connectivity index (χ2v) is 5.74. The molecule has 0 amide bonds. The number of nitrogens with one attached hydrogen (secondary N) is 1. The Morgan fingerprint density at radius 1 is 1.37 bits per heavy atom. The molecule has 1 aromatic rings. The first-order valence-electron chi connectivity index (χ1n) is 7.23. The lowest BCUT2D eigenvalue weighted by molar-refractivity contribution is 0.107. The van der Waals surface area contributed by atoms with Gasteiger partial charge in [0.1, 0.15) is 0 Å². The lowest BCUT2D eigenvalue weighted by atomic mass is 10.1. The molecule has 1 heterocycles. The van der Waals surface area contributed by atoms with E-state index in [0.717, 1.165) is 32.6 Å². The van der Waals surface area contributed by atoms with E-state index in [0.29, 0.717) is 12.1 Å². The van der Waals surface area contributed by atoms with Gasteiger partial charge in [0.25, 0.3) is 0 Å². The fourth-order valence-corrected chi connectivity index (χ4v) is 2.55. The van der Waals surface area contributed by atoms with Gasteiger partial charge in [-0.05, 0) is 17.5 Å². The Balaban J connectivity index is 1.88. The van der Waals surface area contributed by atoms with Crippen LogP contribution in [0.3, 0.4) is 0 Å². The maximum atomic E-state index is 5.42. The summed E-state index contributed by atoms with van der Waals surface area (Å²) in [6.07, 6.45) is 1.58. The third-order valence-electron chi connectivity index (χ3n) is 3.67. The standard InChI is InChI=1S/C16H26N2O/c1-13(2)17-10-14-5-4-6-15(9-14)11-18-8-7-16(12-18)19-3/h4-6,9,13,16-17H,7-8,10-12H2,1-3H3. The topological polar surface area (TPSA) is 24.5 Å². The van der Waals surface area contributed by atoms with Crippen LogP contribution < -0.4 is 5.32 Å². The summed E-state index contributed by atoms with van der Waals surface area (Å²) in [6.45, 7) is 8.55. The van der Waals surface area contributed by atoms with Crippen molar-refractivity contribution >= 4 is 0 Å².